The lowest BCUT2D eigenvalue weighted by atomic mass is 10.1. The molecule has 0 unspecified atom stereocenters. The minimum absolute atomic E-state index is 0.170. The highest BCUT2D eigenvalue weighted by atomic mass is 32.2. The first-order chi connectivity index (χ1) is 7.55. The average Bonchev–Trinajstić information content (AvgIpc) is 2.15. The Bertz CT molecular complexity index is 455. The quantitative estimate of drug-likeness (QED) is 0.862. The third-order valence-corrected chi connectivity index (χ3v) is 4.55. The molecule has 1 heterocycles. The van der Waals surface area contributed by atoms with E-state index in [1.807, 2.05) is 0 Å². The Hall–Kier alpha value is -1.23. The number of ether oxygens (including phenoxy) is 1. The van der Waals surface area contributed by atoms with Gasteiger partial charge in [0.15, 0.2) is 9.84 Å². The fourth-order valence-electron chi connectivity index (χ4n) is 1.75. The van der Waals surface area contributed by atoms with Crippen LogP contribution < -0.4 is 4.74 Å². The topological polar surface area (TPSA) is 63.6 Å². The Kier molecular flexibility index (Phi) is 3.05. The number of benzene rings is 1. The molecule has 0 radical (unpaired) electrons. The van der Waals surface area contributed by atoms with Gasteiger partial charge in [-0.2, -0.15) is 0 Å². The SMILES string of the molecule is O=S1(=O)CC(CCOc2cccc(O)c2)C1. The second-order valence-corrected chi connectivity index (χ2v) is 6.23. The van der Waals surface area contributed by atoms with Crippen molar-refractivity contribution in [2.45, 2.75) is 6.42 Å². The molecule has 0 atom stereocenters. The minimum Gasteiger partial charge on any atom is -0.508 e. The maximum atomic E-state index is 10.9. The summed E-state index contributed by atoms with van der Waals surface area (Å²) in [4.78, 5) is 0. The van der Waals surface area contributed by atoms with Gasteiger partial charge in [-0.25, -0.2) is 8.42 Å². The highest BCUT2D eigenvalue weighted by Crippen LogP contribution is 2.23. The lowest BCUT2D eigenvalue weighted by Gasteiger charge is -2.25. The fourth-order valence-corrected chi connectivity index (χ4v) is 3.42. The summed E-state index contributed by atoms with van der Waals surface area (Å²) in [5.74, 6) is 1.60. The van der Waals surface area contributed by atoms with Crippen molar-refractivity contribution in [3.05, 3.63) is 24.3 Å². The standard InChI is InChI=1S/C11H14O4S/c12-10-2-1-3-11(6-10)15-5-4-9-7-16(13,14)8-9/h1-3,6,9,12H,4-5,7-8H2. The lowest BCUT2D eigenvalue weighted by Crippen LogP contribution is -2.37. The summed E-state index contributed by atoms with van der Waals surface area (Å²) in [5.41, 5.74) is 0. The van der Waals surface area contributed by atoms with Crippen LogP contribution in [0.3, 0.4) is 0 Å². The molecule has 1 aliphatic heterocycles. The van der Waals surface area contributed by atoms with Crippen LogP contribution in [-0.2, 0) is 9.84 Å². The molecule has 0 aliphatic carbocycles. The van der Waals surface area contributed by atoms with Gasteiger partial charge in [-0.05, 0) is 24.5 Å². The van der Waals surface area contributed by atoms with Gasteiger partial charge in [0.1, 0.15) is 11.5 Å². The Balaban J connectivity index is 1.73. The van der Waals surface area contributed by atoms with E-state index in [9.17, 15) is 13.5 Å². The number of aromatic hydroxyl groups is 1. The van der Waals surface area contributed by atoms with Crippen LogP contribution in [0.15, 0.2) is 24.3 Å². The lowest BCUT2D eigenvalue weighted by molar-refractivity contribution is 0.284. The maximum Gasteiger partial charge on any atom is 0.150 e. The molecule has 1 saturated heterocycles. The van der Waals surface area contributed by atoms with Gasteiger partial charge in [0.05, 0.1) is 18.1 Å². The Morgan fingerprint density at radius 3 is 2.75 bits per heavy atom. The Labute approximate surface area is 94.8 Å². The van der Waals surface area contributed by atoms with Gasteiger partial charge >= 0.3 is 0 Å². The van der Waals surface area contributed by atoms with Crippen molar-refractivity contribution in [3.63, 3.8) is 0 Å². The molecular weight excluding hydrogens is 228 g/mol. The van der Waals surface area contributed by atoms with Crippen molar-refractivity contribution >= 4 is 9.84 Å². The van der Waals surface area contributed by atoms with E-state index >= 15 is 0 Å². The molecule has 1 aromatic carbocycles. The van der Waals surface area contributed by atoms with Crippen molar-refractivity contribution in [1.82, 2.24) is 0 Å². The summed E-state index contributed by atoms with van der Waals surface area (Å²) in [6.07, 6.45) is 0.745. The normalized spacial score (nSPS) is 19.0. The predicted molar refractivity (Wildman–Crippen MR) is 60.4 cm³/mol. The maximum absolute atomic E-state index is 10.9. The first kappa shape index (κ1) is 11.3. The summed E-state index contributed by atoms with van der Waals surface area (Å²) in [6.45, 7) is 0.490. The molecule has 4 nitrogen and oxygen atoms in total. The molecule has 5 heteroatoms. The van der Waals surface area contributed by atoms with Gasteiger partial charge in [-0.15, -0.1) is 0 Å². The molecule has 2 rings (SSSR count). The molecule has 1 N–H and O–H groups in total. The average molecular weight is 242 g/mol. The van der Waals surface area contributed by atoms with Crippen LogP contribution in [0.2, 0.25) is 0 Å². The molecule has 0 bridgehead atoms. The first-order valence-corrected chi connectivity index (χ1v) is 6.99. The first-order valence-electron chi connectivity index (χ1n) is 5.17. The molecule has 16 heavy (non-hydrogen) atoms. The highest BCUT2D eigenvalue weighted by molar-refractivity contribution is 7.92. The zero-order valence-corrected chi connectivity index (χ0v) is 9.61. The van der Waals surface area contributed by atoms with E-state index in [-0.39, 0.29) is 23.2 Å². The molecule has 88 valence electrons. The summed E-state index contributed by atoms with van der Waals surface area (Å²) in [5, 5.41) is 9.19. The Morgan fingerprint density at radius 1 is 1.38 bits per heavy atom. The van der Waals surface area contributed by atoms with E-state index in [4.69, 9.17) is 4.74 Å². The molecule has 0 aromatic heterocycles. The van der Waals surface area contributed by atoms with Crippen LogP contribution >= 0.6 is 0 Å². The number of hydrogen-bond acceptors (Lipinski definition) is 4. The van der Waals surface area contributed by atoms with Crippen molar-refractivity contribution in [1.29, 1.82) is 0 Å². The van der Waals surface area contributed by atoms with Crippen LogP contribution in [0.1, 0.15) is 6.42 Å². The van der Waals surface area contributed by atoms with E-state index in [1.54, 1.807) is 18.2 Å². The van der Waals surface area contributed by atoms with Crippen molar-refractivity contribution < 1.29 is 18.3 Å². The summed E-state index contributed by atoms with van der Waals surface area (Å²) >= 11 is 0. The molecule has 1 aliphatic rings. The molecule has 0 spiro atoms. The second kappa shape index (κ2) is 4.33. The van der Waals surface area contributed by atoms with Crippen LogP contribution in [-0.4, -0.2) is 31.6 Å². The predicted octanol–water partition coefficient (Wildman–Crippen LogP) is 1.21. The van der Waals surface area contributed by atoms with Gasteiger partial charge in [-0.1, -0.05) is 6.07 Å². The fraction of sp³-hybridized carbons (Fsp3) is 0.455. The molecule has 1 fully saturated rings. The molecule has 0 amide bonds. The van der Waals surface area contributed by atoms with E-state index in [0.29, 0.717) is 12.4 Å². The van der Waals surface area contributed by atoms with Crippen molar-refractivity contribution in [2.75, 3.05) is 18.1 Å². The van der Waals surface area contributed by atoms with Gasteiger partial charge in [0, 0.05) is 6.07 Å². The van der Waals surface area contributed by atoms with Crippen molar-refractivity contribution in [3.8, 4) is 11.5 Å². The zero-order chi connectivity index (χ0) is 11.6. The molecule has 0 saturated carbocycles. The van der Waals surface area contributed by atoms with Gasteiger partial charge in [0.2, 0.25) is 0 Å². The van der Waals surface area contributed by atoms with Gasteiger partial charge in [0.25, 0.3) is 0 Å². The number of sulfone groups is 1. The van der Waals surface area contributed by atoms with E-state index in [2.05, 4.69) is 0 Å². The third kappa shape index (κ3) is 2.88. The largest absolute Gasteiger partial charge is 0.508 e. The van der Waals surface area contributed by atoms with E-state index in [0.717, 1.165) is 6.42 Å². The van der Waals surface area contributed by atoms with Crippen LogP contribution in [0.5, 0.6) is 11.5 Å². The van der Waals surface area contributed by atoms with E-state index in [1.165, 1.54) is 6.07 Å². The number of hydrogen-bond donors (Lipinski definition) is 1. The Morgan fingerprint density at radius 2 is 2.12 bits per heavy atom. The van der Waals surface area contributed by atoms with Crippen LogP contribution in [0.25, 0.3) is 0 Å². The van der Waals surface area contributed by atoms with Crippen LogP contribution in [0.4, 0.5) is 0 Å². The smallest absolute Gasteiger partial charge is 0.150 e. The molecular formula is C11H14O4S. The second-order valence-electron chi connectivity index (χ2n) is 4.08. The van der Waals surface area contributed by atoms with Crippen LogP contribution in [0, 0.1) is 5.92 Å². The third-order valence-electron chi connectivity index (χ3n) is 2.59. The van der Waals surface area contributed by atoms with Gasteiger partial charge in [-0.3, -0.25) is 0 Å². The zero-order valence-electron chi connectivity index (χ0n) is 8.80. The number of phenolic OH excluding ortho intramolecular Hbond substituents is 1. The summed E-state index contributed by atoms with van der Waals surface area (Å²) in [7, 11) is -2.73. The monoisotopic (exact) mass is 242 g/mol. The molecule has 1 aromatic rings. The number of phenols is 1. The highest BCUT2D eigenvalue weighted by Gasteiger charge is 2.32. The minimum atomic E-state index is -2.73. The summed E-state index contributed by atoms with van der Waals surface area (Å²) in [6, 6.07) is 6.58. The van der Waals surface area contributed by atoms with Gasteiger partial charge < -0.3 is 9.84 Å². The number of rotatable bonds is 4. The van der Waals surface area contributed by atoms with E-state index < -0.39 is 9.84 Å². The van der Waals surface area contributed by atoms with Crippen molar-refractivity contribution in [2.24, 2.45) is 5.92 Å². The summed E-state index contributed by atoms with van der Waals surface area (Å²) < 4.78 is 27.2.